The molecule has 1 aromatic heterocycles. The Morgan fingerprint density at radius 2 is 1.68 bits per heavy atom. The first-order chi connectivity index (χ1) is 36.1. The number of rotatable bonds is 14. The number of imide groups is 1. The fraction of sp³-hybridized carbons (Fsp3) is 0.463. The molecule has 16 nitrogen and oxygen atoms in total. The van der Waals surface area contributed by atoms with Gasteiger partial charge in [-0.1, -0.05) is 48.9 Å². The van der Waals surface area contributed by atoms with E-state index in [-0.39, 0.29) is 100 Å². The lowest BCUT2D eigenvalue weighted by molar-refractivity contribution is -0.135. The number of nitrogens with one attached hydrogen (secondary N) is 3. The highest BCUT2D eigenvalue weighted by atomic mass is 35.5. The second kappa shape index (κ2) is 21.4. The summed E-state index contributed by atoms with van der Waals surface area (Å²) in [5.41, 5.74) is 5.21. The Balaban J connectivity index is 0.739. The van der Waals surface area contributed by atoms with Crippen molar-refractivity contribution in [2.75, 3.05) is 70.5 Å². The first-order valence-corrected chi connectivity index (χ1v) is 26.0. The number of piperidine rings is 3. The minimum atomic E-state index is -1.16. The molecule has 75 heavy (non-hydrogen) atoms. The number of nitrogens with zero attached hydrogens (tertiary/aromatic N) is 5. The summed E-state index contributed by atoms with van der Waals surface area (Å²) >= 11 is 6.71. The molecule has 0 aliphatic carbocycles. The predicted molar refractivity (Wildman–Crippen MR) is 272 cm³/mol. The Hall–Kier alpha value is -6.32. The van der Waals surface area contributed by atoms with Gasteiger partial charge in [0.25, 0.3) is 0 Å². The lowest BCUT2D eigenvalue weighted by Crippen LogP contribution is -2.57. The van der Waals surface area contributed by atoms with Crippen molar-refractivity contribution in [1.29, 1.82) is 0 Å². The van der Waals surface area contributed by atoms with Gasteiger partial charge in [-0.2, -0.15) is 5.10 Å². The van der Waals surface area contributed by atoms with Crippen LogP contribution in [0, 0.1) is 29.2 Å². The highest BCUT2D eigenvalue weighted by Gasteiger charge is 2.50. The van der Waals surface area contributed by atoms with Crippen LogP contribution >= 0.6 is 11.6 Å². The van der Waals surface area contributed by atoms with Crippen LogP contribution in [0.2, 0.25) is 5.02 Å². The van der Waals surface area contributed by atoms with E-state index in [4.69, 9.17) is 26.8 Å². The predicted octanol–water partition coefficient (Wildman–Crippen LogP) is 6.59. The molecule has 0 saturated carbocycles. The summed E-state index contributed by atoms with van der Waals surface area (Å²) in [7, 11) is 1.55. The van der Waals surface area contributed by atoms with Gasteiger partial charge in [-0.3, -0.25) is 29.3 Å². The molecule has 0 spiro atoms. The van der Waals surface area contributed by atoms with Gasteiger partial charge in [-0.25, -0.2) is 22.4 Å². The number of benzene rings is 4. The number of likely N-dealkylation sites (tertiary alicyclic amines) is 2. The molecular formula is C54H60ClF4N9O7. The number of carbonyl (C=O) groups is 4. The van der Waals surface area contributed by atoms with Crippen LogP contribution in [-0.4, -0.2) is 126 Å². The first kappa shape index (κ1) is 52.1. The van der Waals surface area contributed by atoms with E-state index >= 15 is 17.6 Å². The number of aliphatic hydroxyl groups is 1. The van der Waals surface area contributed by atoms with Gasteiger partial charge in [-0.15, -0.1) is 0 Å². The minimum absolute atomic E-state index is 0.0316. The number of primary amides is 1. The molecule has 5 amide bonds. The van der Waals surface area contributed by atoms with Crippen molar-refractivity contribution < 1.29 is 51.3 Å². The number of carbonyl (C=O) groups excluding carboxylic acids is 4. The molecule has 0 radical (unpaired) electrons. The molecular weight excluding hydrogens is 998 g/mol. The highest BCUT2D eigenvalue weighted by molar-refractivity contribution is 6.34. The Morgan fingerprint density at radius 3 is 2.36 bits per heavy atom. The SMILES string of the molecule is C[C@H]1c2c(cc(F)c(Cl)c2-c2c(C(N)=O)ccc(OCCO)c2F)O[C@]1(CN[C@@H]1CC[C@H](C(=O)N2CCC(CN3CCC(c4c(F)cc5c(N6CCC(=O)NC6=O)nn(C)c5c4F)CC3)CC2)NC1)c1ccccc1. The van der Waals surface area contributed by atoms with Crippen LogP contribution < -0.4 is 36.1 Å². The zero-order valence-electron chi connectivity index (χ0n) is 41.7. The van der Waals surface area contributed by atoms with Crippen molar-refractivity contribution in [3.63, 3.8) is 0 Å². The molecule has 5 aliphatic rings. The van der Waals surface area contributed by atoms with E-state index in [0.29, 0.717) is 69.9 Å². The lowest BCUT2D eigenvalue weighted by Gasteiger charge is -2.40. The maximum atomic E-state index is 16.5. The number of nitrogens with two attached hydrogens (primary N) is 1. The van der Waals surface area contributed by atoms with Gasteiger partial charge in [0, 0.05) is 93.0 Å². The van der Waals surface area contributed by atoms with E-state index < -0.39 is 64.3 Å². The average Bonchev–Trinajstić information content (AvgIpc) is 3.88. The van der Waals surface area contributed by atoms with E-state index in [1.165, 1.54) is 33.8 Å². The second-order valence-electron chi connectivity index (χ2n) is 20.4. The van der Waals surface area contributed by atoms with Gasteiger partial charge in [0.05, 0.1) is 28.6 Å². The van der Waals surface area contributed by atoms with Crippen LogP contribution in [0.25, 0.3) is 22.0 Å². The standard InChI is InChI=1S/C54H60ClF4N9O7/c1-29-42-40(25-37(57)46(55)45(42)44-34(50(60)71)9-11-39(47(44)58)74-23-22-69)75-54(29,32-6-4-3-5-7-32)28-62-33-8-10-38(61-26-33)52(72)67-19-12-30(13-20-67)27-66-17-14-31(15-18-66)43-36(56)24-35-49(48(43)59)65(2)64-51(35)68-21-16-41(70)63-53(68)73/h3-7,9,11,24-25,29-31,33,38,61-62,69H,8,10,12-23,26-28H2,1-2H3,(H2,60,71)(H,63,70,73)/t29-,33+,38+,54-/m0/s1. The molecule has 0 unspecified atom stereocenters. The maximum Gasteiger partial charge on any atom is 0.329 e. The summed E-state index contributed by atoms with van der Waals surface area (Å²) in [6.07, 6.45) is 4.14. The number of anilines is 1. The van der Waals surface area contributed by atoms with Crippen molar-refractivity contribution in [3.05, 3.63) is 105 Å². The van der Waals surface area contributed by atoms with Gasteiger partial charge >= 0.3 is 6.03 Å². The fourth-order valence-corrected chi connectivity index (χ4v) is 12.3. The molecule has 4 saturated heterocycles. The van der Waals surface area contributed by atoms with Gasteiger partial charge in [0.1, 0.15) is 29.5 Å². The van der Waals surface area contributed by atoms with Crippen molar-refractivity contribution in [1.82, 2.24) is 35.5 Å². The van der Waals surface area contributed by atoms with Crippen LogP contribution in [-0.2, 0) is 22.2 Å². The number of hydrogen-bond donors (Lipinski definition) is 5. The summed E-state index contributed by atoms with van der Waals surface area (Å²) in [5, 5.41) is 22.8. The number of aromatic nitrogens is 2. The number of ether oxygens (including phenoxy) is 2. The van der Waals surface area contributed by atoms with Gasteiger partial charge in [0.15, 0.2) is 28.8 Å². The Bertz CT molecular complexity index is 3030. The number of aliphatic hydroxyl groups excluding tert-OH is 1. The summed E-state index contributed by atoms with van der Waals surface area (Å²) in [6.45, 7) is 5.46. The molecule has 21 heteroatoms. The molecule has 4 aromatic carbocycles. The van der Waals surface area contributed by atoms with Crippen molar-refractivity contribution in [2.24, 2.45) is 18.7 Å². The van der Waals surface area contributed by atoms with Crippen LogP contribution in [0.1, 0.15) is 90.8 Å². The van der Waals surface area contributed by atoms with Crippen molar-refractivity contribution in [2.45, 2.75) is 81.4 Å². The van der Waals surface area contributed by atoms with Crippen molar-refractivity contribution >= 4 is 52.1 Å². The summed E-state index contributed by atoms with van der Waals surface area (Å²) in [4.78, 5) is 56.5. The van der Waals surface area contributed by atoms with E-state index in [0.717, 1.165) is 24.9 Å². The molecule has 4 atom stereocenters. The Labute approximate surface area is 435 Å². The lowest BCUT2D eigenvalue weighted by atomic mass is 9.77. The number of urea groups is 1. The van der Waals surface area contributed by atoms with Crippen LogP contribution in [0.3, 0.4) is 0 Å². The monoisotopic (exact) mass is 1060 g/mol. The number of aryl methyl sites for hydroxylation is 1. The smallest absolute Gasteiger partial charge is 0.329 e. The molecule has 6 N–H and O–H groups in total. The van der Waals surface area contributed by atoms with Gasteiger partial charge in [-0.05, 0) is 87.2 Å². The molecule has 10 rings (SSSR count). The third kappa shape index (κ3) is 9.79. The van der Waals surface area contributed by atoms with Crippen LogP contribution in [0.4, 0.5) is 28.2 Å². The molecule has 0 bridgehead atoms. The van der Waals surface area contributed by atoms with E-state index in [9.17, 15) is 24.3 Å². The van der Waals surface area contributed by atoms with E-state index in [2.05, 4.69) is 25.9 Å². The number of amides is 5. The van der Waals surface area contributed by atoms with Crippen LogP contribution in [0.5, 0.6) is 11.5 Å². The van der Waals surface area contributed by atoms with Gasteiger partial charge < -0.3 is 40.7 Å². The summed E-state index contributed by atoms with van der Waals surface area (Å²) < 4.78 is 77.9. The normalized spacial score (nSPS) is 22.9. The van der Waals surface area contributed by atoms with E-state index in [1.807, 2.05) is 42.2 Å². The van der Waals surface area contributed by atoms with Crippen molar-refractivity contribution in [3.8, 4) is 22.6 Å². The topological polar surface area (TPSA) is 197 Å². The first-order valence-electron chi connectivity index (χ1n) is 25.6. The molecule has 5 aliphatic heterocycles. The summed E-state index contributed by atoms with van der Waals surface area (Å²) in [5.74, 6) is -5.18. The third-order valence-corrected chi connectivity index (χ3v) is 16.4. The maximum absolute atomic E-state index is 16.5. The second-order valence-corrected chi connectivity index (χ2v) is 20.8. The molecule has 4 fully saturated rings. The zero-order valence-corrected chi connectivity index (χ0v) is 42.5. The highest BCUT2D eigenvalue weighted by Crippen LogP contribution is 2.56. The minimum Gasteiger partial charge on any atom is -0.488 e. The third-order valence-electron chi connectivity index (χ3n) is 16.0. The largest absolute Gasteiger partial charge is 0.488 e. The average molecular weight is 1060 g/mol. The molecule has 398 valence electrons. The van der Waals surface area contributed by atoms with E-state index in [1.54, 1.807) is 7.05 Å². The fourth-order valence-electron chi connectivity index (χ4n) is 12.0. The Morgan fingerprint density at radius 1 is 0.933 bits per heavy atom. The number of fused-ring (bicyclic) bond motifs is 2. The van der Waals surface area contributed by atoms with Crippen LogP contribution in [0.15, 0.2) is 54.6 Å². The quantitative estimate of drug-likeness (QED) is 0.0754. The molecule has 5 aromatic rings. The zero-order chi connectivity index (χ0) is 52.9. The number of hydrogen-bond acceptors (Lipinski definition) is 11. The summed E-state index contributed by atoms with van der Waals surface area (Å²) in [6, 6.07) is 13.2. The molecule has 6 heterocycles. The van der Waals surface area contributed by atoms with Gasteiger partial charge in [0.2, 0.25) is 17.7 Å². The Kier molecular flexibility index (Phi) is 14.9. The number of halogens is 5.